The average molecular weight is 268 g/mol. The van der Waals surface area contributed by atoms with Crippen LogP contribution in [0.5, 0.6) is 0 Å². The number of likely N-dealkylation sites (tertiary alicyclic amines) is 1. The van der Waals surface area contributed by atoms with E-state index >= 15 is 0 Å². The number of carboxylic acids is 1. The maximum atomic E-state index is 12.3. The van der Waals surface area contributed by atoms with Crippen molar-refractivity contribution in [1.29, 1.82) is 0 Å². The molecule has 2 unspecified atom stereocenters. The average Bonchev–Trinajstić information content (AvgIpc) is 3.11. The van der Waals surface area contributed by atoms with Crippen molar-refractivity contribution in [3.05, 3.63) is 0 Å². The van der Waals surface area contributed by atoms with Crippen LogP contribution in [0.15, 0.2) is 0 Å². The standard InChI is InChI=1S/C14H24N2O3/c1-9-8-10(12(17)18)6-7-16(9)13(19)15-14(2,3)11-4-5-11/h9-11H,4-8H2,1-3H3,(H,15,19)(H,17,18). The SMILES string of the molecule is CC1CC(C(=O)O)CCN1C(=O)NC(C)(C)C1CC1. The summed E-state index contributed by atoms with van der Waals surface area (Å²) in [7, 11) is 0. The molecule has 2 amide bonds. The summed E-state index contributed by atoms with van der Waals surface area (Å²) in [5, 5.41) is 12.1. The molecule has 0 aromatic carbocycles. The molecular formula is C14H24N2O3. The maximum absolute atomic E-state index is 12.3. The number of amides is 2. The van der Waals surface area contributed by atoms with Crippen molar-refractivity contribution in [2.45, 2.75) is 58.0 Å². The third kappa shape index (κ3) is 3.19. The molecule has 1 saturated carbocycles. The molecule has 1 heterocycles. The molecule has 1 aliphatic carbocycles. The molecule has 5 nitrogen and oxygen atoms in total. The molecule has 0 radical (unpaired) electrons. The topological polar surface area (TPSA) is 69.6 Å². The number of hydrogen-bond acceptors (Lipinski definition) is 2. The molecule has 2 aliphatic rings. The number of carbonyl (C=O) groups is 2. The lowest BCUT2D eigenvalue weighted by Gasteiger charge is -2.38. The van der Waals surface area contributed by atoms with Crippen LogP contribution in [0.1, 0.15) is 46.5 Å². The van der Waals surface area contributed by atoms with Crippen molar-refractivity contribution in [3.8, 4) is 0 Å². The number of piperidine rings is 1. The molecule has 0 aromatic heterocycles. The van der Waals surface area contributed by atoms with Crippen molar-refractivity contribution in [2.24, 2.45) is 11.8 Å². The summed E-state index contributed by atoms with van der Waals surface area (Å²) in [5.41, 5.74) is -0.152. The zero-order chi connectivity index (χ0) is 14.2. The highest BCUT2D eigenvalue weighted by atomic mass is 16.4. The largest absolute Gasteiger partial charge is 0.481 e. The van der Waals surface area contributed by atoms with Gasteiger partial charge in [0.25, 0.3) is 0 Å². The molecule has 2 N–H and O–H groups in total. The van der Waals surface area contributed by atoms with Crippen LogP contribution in [-0.4, -0.2) is 40.1 Å². The van der Waals surface area contributed by atoms with Gasteiger partial charge in [-0.3, -0.25) is 4.79 Å². The van der Waals surface area contributed by atoms with E-state index in [1.807, 2.05) is 6.92 Å². The van der Waals surface area contributed by atoms with Gasteiger partial charge in [0.2, 0.25) is 0 Å². The summed E-state index contributed by atoms with van der Waals surface area (Å²) in [6.45, 7) is 6.60. The smallest absolute Gasteiger partial charge is 0.318 e. The Balaban J connectivity index is 1.91. The zero-order valence-electron chi connectivity index (χ0n) is 12.0. The van der Waals surface area contributed by atoms with Gasteiger partial charge >= 0.3 is 12.0 Å². The summed E-state index contributed by atoms with van der Waals surface area (Å²) >= 11 is 0. The minimum Gasteiger partial charge on any atom is -0.481 e. The Bertz CT molecular complexity index is 377. The monoisotopic (exact) mass is 268 g/mol. The molecular weight excluding hydrogens is 244 g/mol. The number of rotatable bonds is 3. The Labute approximate surface area is 114 Å². The van der Waals surface area contributed by atoms with Crippen LogP contribution in [-0.2, 0) is 4.79 Å². The number of carbonyl (C=O) groups excluding carboxylic acids is 1. The fraction of sp³-hybridized carbons (Fsp3) is 0.857. The summed E-state index contributed by atoms with van der Waals surface area (Å²) in [5.74, 6) is -0.468. The second-order valence-electron chi connectivity index (χ2n) is 6.53. The highest BCUT2D eigenvalue weighted by Gasteiger charge is 2.40. The van der Waals surface area contributed by atoms with Crippen molar-refractivity contribution >= 4 is 12.0 Å². The molecule has 0 spiro atoms. The van der Waals surface area contributed by atoms with E-state index in [4.69, 9.17) is 5.11 Å². The molecule has 5 heteroatoms. The van der Waals surface area contributed by atoms with E-state index in [-0.39, 0.29) is 23.5 Å². The Morgan fingerprint density at radius 1 is 1.26 bits per heavy atom. The number of nitrogens with zero attached hydrogens (tertiary/aromatic N) is 1. The third-order valence-corrected chi connectivity index (χ3v) is 4.51. The van der Waals surface area contributed by atoms with Gasteiger partial charge in [-0.2, -0.15) is 0 Å². The summed E-state index contributed by atoms with van der Waals surface area (Å²) in [6, 6.07) is -0.0573. The van der Waals surface area contributed by atoms with E-state index in [1.165, 1.54) is 12.8 Å². The van der Waals surface area contributed by atoms with Gasteiger partial charge in [-0.1, -0.05) is 0 Å². The Hall–Kier alpha value is -1.26. The Morgan fingerprint density at radius 2 is 1.89 bits per heavy atom. The van der Waals surface area contributed by atoms with Crippen LogP contribution in [0.2, 0.25) is 0 Å². The second kappa shape index (κ2) is 5.02. The third-order valence-electron chi connectivity index (χ3n) is 4.51. The lowest BCUT2D eigenvalue weighted by molar-refractivity contribution is -0.143. The highest BCUT2D eigenvalue weighted by molar-refractivity contribution is 5.76. The number of nitrogens with one attached hydrogen (secondary N) is 1. The molecule has 108 valence electrons. The van der Waals surface area contributed by atoms with Crippen molar-refractivity contribution in [1.82, 2.24) is 10.2 Å². The molecule has 1 saturated heterocycles. The first-order valence-electron chi connectivity index (χ1n) is 7.13. The number of urea groups is 1. The van der Waals surface area contributed by atoms with Gasteiger partial charge in [-0.15, -0.1) is 0 Å². The van der Waals surface area contributed by atoms with Gasteiger partial charge in [0.1, 0.15) is 0 Å². The van der Waals surface area contributed by atoms with Gasteiger partial charge in [0, 0.05) is 18.1 Å². The Kier molecular flexibility index (Phi) is 3.74. The van der Waals surface area contributed by atoms with Crippen molar-refractivity contribution in [3.63, 3.8) is 0 Å². The quantitative estimate of drug-likeness (QED) is 0.823. The van der Waals surface area contributed by atoms with Crippen LogP contribution < -0.4 is 5.32 Å². The highest BCUT2D eigenvalue weighted by Crippen LogP contribution is 2.39. The summed E-state index contributed by atoms with van der Waals surface area (Å²) in [6.07, 6.45) is 3.47. The number of carboxylic acid groups (broad SMARTS) is 1. The first-order chi connectivity index (χ1) is 8.81. The molecule has 2 rings (SSSR count). The van der Waals surface area contributed by atoms with Gasteiger partial charge in [0.05, 0.1) is 5.92 Å². The van der Waals surface area contributed by atoms with E-state index in [0.29, 0.717) is 25.3 Å². The second-order valence-corrected chi connectivity index (χ2v) is 6.53. The van der Waals surface area contributed by atoms with Gasteiger partial charge in [-0.25, -0.2) is 4.79 Å². The molecule has 2 atom stereocenters. The fourth-order valence-electron chi connectivity index (χ4n) is 2.95. The summed E-state index contributed by atoms with van der Waals surface area (Å²) < 4.78 is 0. The first kappa shape index (κ1) is 14.2. The van der Waals surface area contributed by atoms with Crippen LogP contribution >= 0.6 is 0 Å². The van der Waals surface area contributed by atoms with E-state index in [2.05, 4.69) is 19.2 Å². The minimum atomic E-state index is -0.745. The minimum absolute atomic E-state index is 0.00940. The van der Waals surface area contributed by atoms with Crippen LogP contribution in [0.3, 0.4) is 0 Å². The number of aliphatic carboxylic acids is 1. The number of hydrogen-bond donors (Lipinski definition) is 2. The van der Waals surface area contributed by atoms with Crippen LogP contribution in [0, 0.1) is 11.8 Å². The lowest BCUT2D eigenvalue weighted by Crippen LogP contribution is -2.55. The predicted molar refractivity (Wildman–Crippen MR) is 71.9 cm³/mol. The van der Waals surface area contributed by atoms with Crippen molar-refractivity contribution in [2.75, 3.05) is 6.54 Å². The molecule has 0 bridgehead atoms. The van der Waals surface area contributed by atoms with E-state index in [1.54, 1.807) is 4.90 Å². The van der Waals surface area contributed by atoms with Crippen LogP contribution in [0.4, 0.5) is 4.79 Å². The normalized spacial score (nSPS) is 28.1. The maximum Gasteiger partial charge on any atom is 0.318 e. The molecule has 19 heavy (non-hydrogen) atoms. The summed E-state index contributed by atoms with van der Waals surface area (Å²) in [4.78, 5) is 25.1. The van der Waals surface area contributed by atoms with Gasteiger partial charge < -0.3 is 15.3 Å². The molecule has 0 aromatic rings. The first-order valence-corrected chi connectivity index (χ1v) is 7.13. The van der Waals surface area contributed by atoms with E-state index in [0.717, 1.165) is 0 Å². The van der Waals surface area contributed by atoms with Gasteiger partial charge in [0.15, 0.2) is 0 Å². The zero-order valence-corrected chi connectivity index (χ0v) is 12.0. The lowest BCUT2D eigenvalue weighted by atomic mass is 9.92. The van der Waals surface area contributed by atoms with Gasteiger partial charge in [-0.05, 0) is 52.4 Å². The fourth-order valence-corrected chi connectivity index (χ4v) is 2.95. The Morgan fingerprint density at radius 3 is 2.37 bits per heavy atom. The van der Waals surface area contributed by atoms with Crippen molar-refractivity contribution < 1.29 is 14.7 Å². The van der Waals surface area contributed by atoms with Crippen LogP contribution in [0.25, 0.3) is 0 Å². The van der Waals surface area contributed by atoms with E-state index in [9.17, 15) is 9.59 Å². The predicted octanol–water partition coefficient (Wildman–Crippen LogP) is 2.07. The van der Waals surface area contributed by atoms with E-state index < -0.39 is 5.97 Å². The molecule has 1 aliphatic heterocycles. The molecule has 2 fully saturated rings.